The second-order valence-corrected chi connectivity index (χ2v) is 2.16. The Bertz CT molecular complexity index is 272. The van der Waals surface area contributed by atoms with Crippen molar-refractivity contribution in [3.8, 4) is 0 Å². The second-order valence-electron chi connectivity index (χ2n) is 2.16. The van der Waals surface area contributed by atoms with Crippen molar-refractivity contribution in [2.24, 2.45) is 0 Å². The van der Waals surface area contributed by atoms with Crippen LogP contribution in [0.2, 0.25) is 0 Å². The Labute approximate surface area is 66.6 Å². The van der Waals surface area contributed by atoms with E-state index in [1.54, 1.807) is 0 Å². The number of nitrogens with one attached hydrogen (secondary N) is 1. The first-order valence-corrected chi connectivity index (χ1v) is 3.12. The summed E-state index contributed by atoms with van der Waals surface area (Å²) in [7, 11) is 0. The molecule has 0 aromatic heterocycles. The van der Waals surface area contributed by atoms with Gasteiger partial charge in [-0.15, -0.1) is 0 Å². The second kappa shape index (κ2) is 3.02. The summed E-state index contributed by atoms with van der Waals surface area (Å²) >= 11 is 0. The molecule has 0 aliphatic heterocycles. The normalized spacial score (nSPS) is 11.3. The average Bonchev–Trinajstić information content (AvgIpc) is 2.03. The molecule has 2 nitrogen and oxygen atoms in total. The van der Waals surface area contributed by atoms with Crippen LogP contribution in [0.4, 0.5) is 18.9 Å². The van der Waals surface area contributed by atoms with Crippen molar-refractivity contribution < 1.29 is 18.4 Å². The number of para-hydroxylation sites is 1. The summed E-state index contributed by atoms with van der Waals surface area (Å²) < 4.78 is 36.3. The van der Waals surface area contributed by atoms with Gasteiger partial charge in [0.2, 0.25) is 0 Å². The number of rotatable bonds is 1. The Morgan fingerprint density at radius 2 is 1.75 bits per heavy atom. The Hall–Kier alpha value is -1.23. The fraction of sp³-hybridized carbons (Fsp3) is 0.143. The lowest BCUT2D eigenvalue weighted by molar-refractivity contribution is -0.137. The zero-order valence-corrected chi connectivity index (χ0v) is 5.89. The van der Waals surface area contributed by atoms with Crippen molar-refractivity contribution in [1.82, 2.24) is 0 Å². The molecule has 1 aromatic carbocycles. The molecule has 0 amide bonds. The highest BCUT2D eigenvalue weighted by molar-refractivity contribution is 5.50. The minimum absolute atomic E-state index is 0.343. The highest BCUT2D eigenvalue weighted by Gasteiger charge is 2.32. The summed E-state index contributed by atoms with van der Waals surface area (Å²) in [6.45, 7) is 0. The lowest BCUT2D eigenvalue weighted by Crippen LogP contribution is -2.08. The van der Waals surface area contributed by atoms with Gasteiger partial charge in [0.05, 0.1) is 11.3 Å². The SMILES string of the molecule is ONc1ccccc1C(F)(F)F. The highest BCUT2D eigenvalue weighted by atomic mass is 19.4. The number of alkyl halides is 3. The van der Waals surface area contributed by atoms with Crippen LogP contribution in [-0.4, -0.2) is 5.21 Å². The fourth-order valence-electron chi connectivity index (χ4n) is 0.828. The van der Waals surface area contributed by atoms with Gasteiger partial charge in [-0.25, -0.2) is 0 Å². The number of benzene rings is 1. The van der Waals surface area contributed by atoms with Crippen molar-refractivity contribution in [1.29, 1.82) is 0 Å². The molecule has 0 saturated carbocycles. The van der Waals surface area contributed by atoms with Crippen molar-refractivity contribution in [2.75, 3.05) is 5.48 Å². The van der Waals surface area contributed by atoms with E-state index in [9.17, 15) is 13.2 Å². The zero-order chi connectivity index (χ0) is 9.19. The largest absolute Gasteiger partial charge is 0.418 e. The maximum Gasteiger partial charge on any atom is 0.418 e. The van der Waals surface area contributed by atoms with Gasteiger partial charge in [0, 0.05) is 0 Å². The smallest absolute Gasteiger partial charge is 0.291 e. The van der Waals surface area contributed by atoms with Crippen LogP contribution in [0.5, 0.6) is 0 Å². The molecule has 0 aliphatic carbocycles. The van der Waals surface area contributed by atoms with E-state index in [1.165, 1.54) is 17.6 Å². The summed E-state index contributed by atoms with van der Waals surface area (Å²) in [6, 6.07) is 4.68. The van der Waals surface area contributed by atoms with E-state index in [-0.39, 0.29) is 5.69 Å². The molecule has 66 valence electrons. The van der Waals surface area contributed by atoms with Gasteiger partial charge < -0.3 is 0 Å². The summed E-state index contributed by atoms with van der Waals surface area (Å²) in [6.07, 6.45) is -4.44. The van der Waals surface area contributed by atoms with Gasteiger partial charge in [-0.2, -0.15) is 13.2 Å². The molecule has 0 radical (unpaired) electrons. The lowest BCUT2D eigenvalue weighted by atomic mass is 10.2. The van der Waals surface area contributed by atoms with E-state index >= 15 is 0 Å². The van der Waals surface area contributed by atoms with Crippen molar-refractivity contribution in [2.45, 2.75) is 6.18 Å². The number of halogens is 3. The third-order valence-corrected chi connectivity index (χ3v) is 1.35. The van der Waals surface area contributed by atoms with E-state index < -0.39 is 11.7 Å². The summed E-state index contributed by atoms with van der Waals surface area (Å²) in [5, 5.41) is 8.33. The lowest BCUT2D eigenvalue weighted by Gasteiger charge is -2.10. The maximum absolute atomic E-state index is 12.1. The van der Waals surface area contributed by atoms with Crippen LogP contribution in [0.1, 0.15) is 5.56 Å². The van der Waals surface area contributed by atoms with E-state index in [0.29, 0.717) is 0 Å². The first kappa shape index (κ1) is 8.86. The molecule has 0 aliphatic rings. The molecule has 1 rings (SSSR count). The third-order valence-electron chi connectivity index (χ3n) is 1.35. The van der Waals surface area contributed by atoms with Gasteiger partial charge >= 0.3 is 6.18 Å². The first-order chi connectivity index (χ1) is 5.55. The topological polar surface area (TPSA) is 32.3 Å². The van der Waals surface area contributed by atoms with Gasteiger partial charge in [0.1, 0.15) is 0 Å². The number of hydrogen-bond acceptors (Lipinski definition) is 2. The molecule has 0 fully saturated rings. The molecule has 2 N–H and O–H groups in total. The quantitative estimate of drug-likeness (QED) is 0.646. The molecule has 12 heavy (non-hydrogen) atoms. The highest BCUT2D eigenvalue weighted by Crippen LogP contribution is 2.33. The van der Waals surface area contributed by atoms with Crippen LogP contribution in [0.3, 0.4) is 0 Å². The van der Waals surface area contributed by atoms with Crippen molar-refractivity contribution in [3.63, 3.8) is 0 Å². The fourth-order valence-corrected chi connectivity index (χ4v) is 0.828. The maximum atomic E-state index is 12.1. The van der Waals surface area contributed by atoms with Crippen molar-refractivity contribution in [3.05, 3.63) is 29.8 Å². The van der Waals surface area contributed by atoms with Crippen LogP contribution < -0.4 is 5.48 Å². The predicted molar refractivity (Wildman–Crippen MR) is 36.9 cm³/mol. The van der Waals surface area contributed by atoms with Gasteiger partial charge in [-0.1, -0.05) is 12.1 Å². The zero-order valence-electron chi connectivity index (χ0n) is 5.89. The van der Waals surface area contributed by atoms with E-state index in [0.717, 1.165) is 12.1 Å². The van der Waals surface area contributed by atoms with Crippen LogP contribution in [0, 0.1) is 0 Å². The van der Waals surface area contributed by atoms with E-state index in [2.05, 4.69) is 0 Å². The molecule has 0 saturated heterocycles. The average molecular weight is 177 g/mol. The number of hydrogen-bond donors (Lipinski definition) is 2. The Morgan fingerprint density at radius 3 is 2.17 bits per heavy atom. The van der Waals surface area contributed by atoms with E-state index in [4.69, 9.17) is 5.21 Å². The van der Waals surface area contributed by atoms with Crippen LogP contribution in [0.25, 0.3) is 0 Å². The molecule has 1 aromatic rings. The first-order valence-electron chi connectivity index (χ1n) is 3.12. The molecular formula is C7H6F3NO. The Balaban J connectivity index is 3.14. The summed E-state index contributed by atoms with van der Waals surface area (Å²) in [5.74, 6) is 0. The molecule has 0 spiro atoms. The van der Waals surface area contributed by atoms with E-state index in [1.807, 2.05) is 0 Å². The molecule has 5 heteroatoms. The number of anilines is 1. The van der Waals surface area contributed by atoms with Crippen LogP contribution >= 0.6 is 0 Å². The van der Waals surface area contributed by atoms with Gasteiger partial charge in [-0.3, -0.25) is 10.7 Å². The molecule has 0 unspecified atom stereocenters. The Morgan fingerprint density at radius 1 is 1.17 bits per heavy atom. The summed E-state index contributed by atoms with van der Waals surface area (Å²) in [5.41, 5.74) is 0.258. The third kappa shape index (κ3) is 1.68. The molecule has 0 bridgehead atoms. The minimum atomic E-state index is -4.44. The predicted octanol–water partition coefficient (Wildman–Crippen LogP) is 2.51. The van der Waals surface area contributed by atoms with Crippen molar-refractivity contribution >= 4 is 5.69 Å². The minimum Gasteiger partial charge on any atom is -0.291 e. The van der Waals surface area contributed by atoms with Gasteiger partial charge in [-0.05, 0) is 12.1 Å². The van der Waals surface area contributed by atoms with Crippen LogP contribution in [-0.2, 0) is 6.18 Å². The monoisotopic (exact) mass is 177 g/mol. The molecular weight excluding hydrogens is 171 g/mol. The van der Waals surface area contributed by atoms with Crippen LogP contribution in [0.15, 0.2) is 24.3 Å². The standard InChI is InChI=1S/C7H6F3NO/c8-7(9,10)5-3-1-2-4-6(5)11-12/h1-4,11-12H. The summed E-state index contributed by atoms with van der Waals surface area (Å²) in [4.78, 5) is 0. The molecule has 0 atom stereocenters. The Kier molecular flexibility index (Phi) is 2.23. The van der Waals surface area contributed by atoms with Gasteiger partial charge in [0.15, 0.2) is 0 Å². The van der Waals surface area contributed by atoms with Gasteiger partial charge in [0.25, 0.3) is 0 Å². The molecule has 0 heterocycles.